The first-order valence-corrected chi connectivity index (χ1v) is 13.9. The van der Waals surface area contributed by atoms with Crippen molar-refractivity contribution in [2.45, 2.75) is 141 Å². The maximum atomic E-state index is 15.7. The number of hydrogen-bond acceptors (Lipinski definition) is 0. The fraction of sp³-hybridized carbons (Fsp3) is 0.800. The molecule has 0 radical (unpaired) electrons. The van der Waals surface area contributed by atoms with Gasteiger partial charge in [-0.1, -0.05) is 102 Å². The molecule has 0 heterocycles. The van der Waals surface area contributed by atoms with Crippen LogP contribution >= 0.6 is 0 Å². The lowest BCUT2D eigenvalue weighted by Crippen LogP contribution is -2.27. The molecule has 2 aliphatic rings. The highest BCUT2D eigenvalue weighted by Gasteiger charge is 2.36. The van der Waals surface area contributed by atoms with Gasteiger partial charge in [0.25, 0.3) is 0 Å². The van der Waals surface area contributed by atoms with Crippen LogP contribution in [0.3, 0.4) is 0 Å². The van der Waals surface area contributed by atoms with E-state index in [4.69, 9.17) is 0 Å². The summed E-state index contributed by atoms with van der Waals surface area (Å²) in [6.07, 6.45) is 22.7. The van der Waals surface area contributed by atoms with Crippen LogP contribution < -0.4 is 0 Å². The molecule has 3 rings (SSSR count). The maximum Gasteiger partial charge on any atom is 0.136 e. The van der Waals surface area contributed by atoms with Crippen molar-refractivity contribution >= 4 is 0 Å². The molecule has 0 bridgehead atoms. The van der Waals surface area contributed by atoms with Gasteiger partial charge in [-0.25, -0.2) is 4.39 Å². The predicted octanol–water partition coefficient (Wildman–Crippen LogP) is 10.3. The Bertz CT molecular complexity index is 587. The Morgan fingerprint density at radius 3 is 1.81 bits per heavy atom. The van der Waals surface area contributed by atoms with Gasteiger partial charge in [0.05, 0.1) is 0 Å². The summed E-state index contributed by atoms with van der Waals surface area (Å²) in [5.41, 5.74) is 1.33. The first kappa shape index (κ1) is 24.8. The number of hydrogen-bond donors (Lipinski definition) is 0. The second-order valence-corrected chi connectivity index (χ2v) is 10.9. The minimum Gasteiger partial charge on any atom is -0.239 e. The highest BCUT2D eigenvalue weighted by Crippen LogP contribution is 2.45. The maximum absolute atomic E-state index is 15.7. The van der Waals surface area contributed by atoms with Gasteiger partial charge in [0.2, 0.25) is 0 Å². The summed E-state index contributed by atoms with van der Waals surface area (Å²) >= 11 is 0. The third kappa shape index (κ3) is 7.61. The van der Waals surface area contributed by atoms with Crippen LogP contribution in [0.25, 0.3) is 0 Å². The lowest BCUT2D eigenvalue weighted by Gasteiger charge is -2.35. The predicted molar refractivity (Wildman–Crippen MR) is 133 cm³/mol. The molecule has 31 heavy (non-hydrogen) atoms. The van der Waals surface area contributed by atoms with Crippen LogP contribution in [-0.4, -0.2) is 0 Å². The molecule has 0 aromatic heterocycles. The fourth-order valence-electron chi connectivity index (χ4n) is 6.27. The highest BCUT2D eigenvalue weighted by molar-refractivity contribution is 5.30. The van der Waals surface area contributed by atoms with Crippen LogP contribution in [-0.2, 0) is 5.67 Å². The second-order valence-electron chi connectivity index (χ2n) is 10.9. The Labute approximate surface area is 192 Å². The molecule has 2 fully saturated rings. The van der Waals surface area contributed by atoms with E-state index in [1.54, 1.807) is 0 Å². The Balaban J connectivity index is 1.42. The number of unbranched alkanes of at least 4 members (excludes halogenated alkanes) is 6. The number of benzene rings is 1. The molecular formula is C30H49F. The minimum absolute atomic E-state index is 0.704. The van der Waals surface area contributed by atoms with Crippen LogP contribution in [0.4, 0.5) is 4.39 Å². The fourth-order valence-corrected chi connectivity index (χ4v) is 6.27. The SMILES string of the molecule is CCCCCCCC1CCC(F)(c2ccc(C3CCC(CCCCC)CC3)cc2)CC1. The lowest BCUT2D eigenvalue weighted by molar-refractivity contribution is 0.0787. The standard InChI is InChI=1S/C30H49F/c1-3-5-7-8-10-12-26-21-23-30(31,24-22-26)29-19-17-28(18-20-29)27-15-13-25(14-16-27)11-9-6-4-2/h17-20,25-27H,3-16,21-24H2,1-2H3. The van der Waals surface area contributed by atoms with E-state index in [9.17, 15) is 0 Å². The van der Waals surface area contributed by atoms with Crippen molar-refractivity contribution in [2.75, 3.05) is 0 Å². The molecule has 0 atom stereocenters. The average molecular weight is 429 g/mol. The van der Waals surface area contributed by atoms with E-state index in [0.29, 0.717) is 5.92 Å². The smallest absolute Gasteiger partial charge is 0.136 e. The highest BCUT2D eigenvalue weighted by atomic mass is 19.1. The van der Waals surface area contributed by atoms with Crippen molar-refractivity contribution in [3.8, 4) is 0 Å². The van der Waals surface area contributed by atoms with E-state index < -0.39 is 5.67 Å². The molecule has 0 spiro atoms. The molecule has 0 nitrogen and oxygen atoms in total. The van der Waals surface area contributed by atoms with E-state index >= 15 is 4.39 Å². The van der Waals surface area contributed by atoms with Crippen LogP contribution in [0.2, 0.25) is 0 Å². The van der Waals surface area contributed by atoms with Gasteiger partial charge in [0, 0.05) is 0 Å². The molecule has 1 aromatic carbocycles. The third-order valence-electron chi connectivity index (χ3n) is 8.58. The van der Waals surface area contributed by atoms with Crippen LogP contribution in [0.15, 0.2) is 24.3 Å². The van der Waals surface area contributed by atoms with E-state index in [2.05, 4.69) is 38.1 Å². The topological polar surface area (TPSA) is 0 Å². The summed E-state index contributed by atoms with van der Waals surface area (Å²) in [4.78, 5) is 0. The van der Waals surface area contributed by atoms with Gasteiger partial charge < -0.3 is 0 Å². The van der Waals surface area contributed by atoms with Gasteiger partial charge in [-0.3, -0.25) is 0 Å². The molecule has 0 amide bonds. The first-order valence-electron chi connectivity index (χ1n) is 13.9. The zero-order chi connectivity index (χ0) is 21.9. The van der Waals surface area contributed by atoms with Gasteiger partial charge in [0.1, 0.15) is 5.67 Å². The molecule has 2 saturated carbocycles. The molecule has 1 aromatic rings. The minimum atomic E-state index is -1.08. The Kier molecular flexibility index (Phi) is 10.4. The van der Waals surface area contributed by atoms with Crippen molar-refractivity contribution in [1.29, 1.82) is 0 Å². The quantitative estimate of drug-likeness (QED) is 0.290. The summed E-state index contributed by atoms with van der Waals surface area (Å²) in [6.45, 7) is 4.57. The van der Waals surface area contributed by atoms with Gasteiger partial charge in [-0.15, -0.1) is 0 Å². The summed E-state index contributed by atoms with van der Waals surface area (Å²) in [5, 5.41) is 0. The summed E-state index contributed by atoms with van der Waals surface area (Å²) in [6, 6.07) is 8.79. The van der Waals surface area contributed by atoms with Crippen LogP contribution in [0, 0.1) is 11.8 Å². The van der Waals surface area contributed by atoms with Crippen molar-refractivity contribution in [3.05, 3.63) is 35.4 Å². The zero-order valence-corrected chi connectivity index (χ0v) is 20.6. The van der Waals surface area contributed by atoms with Gasteiger partial charge in [-0.2, -0.15) is 0 Å². The molecule has 0 unspecified atom stereocenters. The number of halogens is 1. The molecule has 176 valence electrons. The van der Waals surface area contributed by atoms with E-state index in [0.717, 1.165) is 43.1 Å². The van der Waals surface area contributed by atoms with Crippen molar-refractivity contribution in [1.82, 2.24) is 0 Å². The summed E-state index contributed by atoms with van der Waals surface area (Å²) in [7, 11) is 0. The second kappa shape index (κ2) is 13.0. The van der Waals surface area contributed by atoms with E-state index in [1.165, 1.54) is 95.5 Å². The van der Waals surface area contributed by atoms with Crippen molar-refractivity contribution in [3.63, 3.8) is 0 Å². The largest absolute Gasteiger partial charge is 0.239 e. The van der Waals surface area contributed by atoms with Crippen molar-refractivity contribution in [2.24, 2.45) is 11.8 Å². The molecular weight excluding hydrogens is 379 g/mol. The van der Waals surface area contributed by atoms with Gasteiger partial charge in [0.15, 0.2) is 0 Å². The van der Waals surface area contributed by atoms with Crippen LogP contribution in [0.1, 0.15) is 146 Å². The zero-order valence-electron chi connectivity index (χ0n) is 20.6. The third-order valence-corrected chi connectivity index (χ3v) is 8.58. The Morgan fingerprint density at radius 2 is 1.19 bits per heavy atom. The summed E-state index contributed by atoms with van der Waals surface area (Å²) in [5.74, 6) is 2.42. The van der Waals surface area contributed by atoms with Crippen molar-refractivity contribution < 1.29 is 4.39 Å². The van der Waals surface area contributed by atoms with Gasteiger partial charge >= 0.3 is 0 Å². The monoisotopic (exact) mass is 428 g/mol. The summed E-state index contributed by atoms with van der Waals surface area (Å²) < 4.78 is 15.7. The Morgan fingerprint density at radius 1 is 0.677 bits per heavy atom. The molecule has 0 aliphatic heterocycles. The number of rotatable bonds is 12. The first-order chi connectivity index (χ1) is 15.1. The number of alkyl halides is 1. The Hall–Kier alpha value is -0.850. The normalized spacial score (nSPS) is 29.2. The molecule has 1 heteroatoms. The van der Waals surface area contributed by atoms with E-state index in [-0.39, 0.29) is 0 Å². The lowest BCUT2D eigenvalue weighted by atomic mass is 9.74. The average Bonchev–Trinajstić information content (AvgIpc) is 2.81. The van der Waals surface area contributed by atoms with Gasteiger partial charge in [-0.05, 0) is 80.2 Å². The van der Waals surface area contributed by atoms with Crippen LogP contribution in [0.5, 0.6) is 0 Å². The van der Waals surface area contributed by atoms with E-state index in [1.807, 2.05) is 0 Å². The molecule has 0 N–H and O–H groups in total. The molecule has 2 aliphatic carbocycles. The molecule has 0 saturated heterocycles.